The Hall–Kier alpha value is -0.670. The van der Waals surface area contributed by atoms with Crippen molar-refractivity contribution >= 4 is 34.3 Å². The third-order valence-corrected chi connectivity index (χ3v) is 6.16. The minimum atomic E-state index is 1.05. The highest BCUT2D eigenvalue weighted by Gasteiger charge is 2.04. The molecule has 0 bridgehead atoms. The molecule has 0 fully saturated rings. The number of hydrogen-bond acceptors (Lipinski definition) is 3. The first-order valence-corrected chi connectivity index (χ1v) is 11.9. The molecule has 0 heterocycles. The van der Waals surface area contributed by atoms with Gasteiger partial charge in [0.05, 0.1) is 5.69 Å². The van der Waals surface area contributed by atoms with Crippen LogP contribution in [-0.4, -0.2) is 16.5 Å². The fourth-order valence-corrected chi connectivity index (χ4v) is 4.32. The van der Waals surface area contributed by atoms with Gasteiger partial charge < -0.3 is 0 Å². The average molecular weight is 378 g/mol. The lowest BCUT2D eigenvalue weighted by Crippen LogP contribution is -1.96. The third kappa shape index (κ3) is 11.5. The van der Waals surface area contributed by atoms with Crippen LogP contribution in [0.15, 0.2) is 46.3 Å². The molecular weight excluding hydrogens is 342 g/mol. The Balaban J connectivity index is 2.58. The van der Waals surface area contributed by atoms with Gasteiger partial charge in [-0.15, -0.1) is 23.5 Å². The molecule has 140 valence electrons. The molecule has 25 heavy (non-hydrogen) atoms. The summed E-state index contributed by atoms with van der Waals surface area (Å²) >= 11 is 3.86. The smallest absolute Gasteiger partial charge is 0.100 e. The van der Waals surface area contributed by atoms with Crippen LogP contribution in [0, 0.1) is 0 Å². The second-order valence-electron chi connectivity index (χ2n) is 6.39. The van der Waals surface area contributed by atoms with E-state index in [1.165, 1.54) is 67.7 Å². The van der Waals surface area contributed by atoms with Gasteiger partial charge in [-0.1, -0.05) is 70.6 Å². The van der Waals surface area contributed by atoms with Gasteiger partial charge in [-0.2, -0.15) is 0 Å². The lowest BCUT2D eigenvalue weighted by atomic mass is 10.2. The fraction of sp³-hybridized carbons (Fsp3) is 0.591. The van der Waals surface area contributed by atoms with Crippen molar-refractivity contribution < 1.29 is 0 Å². The molecule has 0 radical (unpaired) electrons. The predicted octanol–water partition coefficient (Wildman–Crippen LogP) is 8.25. The molecule has 1 aromatic carbocycles. The van der Waals surface area contributed by atoms with Gasteiger partial charge in [-0.3, -0.25) is 0 Å². The van der Waals surface area contributed by atoms with Gasteiger partial charge in [0, 0.05) is 0 Å². The molecule has 0 N–H and O–H groups in total. The second-order valence-corrected chi connectivity index (χ2v) is 8.45. The van der Waals surface area contributed by atoms with E-state index in [0.29, 0.717) is 0 Å². The molecule has 0 atom stereocenters. The lowest BCUT2D eigenvalue weighted by molar-refractivity contribution is 0.707. The van der Waals surface area contributed by atoms with Crippen LogP contribution in [0.2, 0.25) is 0 Å². The quantitative estimate of drug-likeness (QED) is 0.195. The maximum atomic E-state index is 4.90. The van der Waals surface area contributed by atoms with E-state index in [4.69, 9.17) is 4.99 Å². The van der Waals surface area contributed by atoms with Crippen LogP contribution in [0.25, 0.3) is 0 Å². The summed E-state index contributed by atoms with van der Waals surface area (Å²) in [5.74, 6) is 2.38. The molecule has 0 spiro atoms. The van der Waals surface area contributed by atoms with E-state index in [9.17, 15) is 0 Å². The summed E-state index contributed by atoms with van der Waals surface area (Å²) < 4.78 is 0. The summed E-state index contributed by atoms with van der Waals surface area (Å²) in [6, 6.07) is 10.3. The summed E-state index contributed by atoms with van der Waals surface area (Å²) in [5.41, 5.74) is 2.36. The minimum Gasteiger partial charge on any atom is -0.242 e. The van der Waals surface area contributed by atoms with Crippen molar-refractivity contribution in [3.63, 3.8) is 0 Å². The molecule has 0 saturated heterocycles. The average Bonchev–Trinajstić information content (AvgIpc) is 2.64. The van der Waals surface area contributed by atoms with Crippen molar-refractivity contribution in [3.05, 3.63) is 41.3 Å². The van der Waals surface area contributed by atoms with Gasteiger partial charge in [0.15, 0.2) is 0 Å². The summed E-state index contributed by atoms with van der Waals surface area (Å²) in [6.07, 6.45) is 10.6. The van der Waals surface area contributed by atoms with E-state index in [2.05, 4.69) is 50.4 Å². The maximum Gasteiger partial charge on any atom is 0.100 e. The Kier molecular flexibility index (Phi) is 13.9. The second kappa shape index (κ2) is 15.6. The molecule has 0 saturated carbocycles. The molecule has 0 aliphatic rings. The van der Waals surface area contributed by atoms with Gasteiger partial charge in [0.1, 0.15) is 5.04 Å². The van der Waals surface area contributed by atoms with Gasteiger partial charge in [0.2, 0.25) is 0 Å². The summed E-state index contributed by atoms with van der Waals surface area (Å²) in [5, 5.41) is 3.50. The van der Waals surface area contributed by atoms with Crippen molar-refractivity contribution in [1.82, 2.24) is 0 Å². The van der Waals surface area contributed by atoms with Crippen LogP contribution in [0.1, 0.15) is 72.1 Å². The van der Waals surface area contributed by atoms with Gasteiger partial charge in [0.25, 0.3) is 0 Å². The molecule has 0 aromatic heterocycles. The highest BCUT2D eigenvalue weighted by Crippen LogP contribution is 2.23. The lowest BCUT2D eigenvalue weighted by Gasteiger charge is -2.08. The zero-order chi connectivity index (χ0) is 18.2. The van der Waals surface area contributed by atoms with Crippen LogP contribution in [0.4, 0.5) is 5.69 Å². The molecule has 0 unspecified atom stereocenters. The van der Waals surface area contributed by atoms with E-state index in [1.807, 2.05) is 29.6 Å². The number of aliphatic imine (C=N–C) groups is 1. The van der Waals surface area contributed by atoms with Crippen LogP contribution in [0.5, 0.6) is 0 Å². The van der Waals surface area contributed by atoms with Crippen LogP contribution >= 0.6 is 23.5 Å². The van der Waals surface area contributed by atoms with Crippen LogP contribution in [0.3, 0.4) is 0 Å². The summed E-state index contributed by atoms with van der Waals surface area (Å²) in [6.45, 7) is 6.74. The van der Waals surface area contributed by atoms with Crippen molar-refractivity contribution in [3.8, 4) is 0 Å². The van der Waals surface area contributed by atoms with E-state index in [0.717, 1.165) is 11.4 Å². The number of para-hydroxylation sites is 1. The third-order valence-electron chi connectivity index (χ3n) is 3.94. The number of hydrogen-bond donors (Lipinski definition) is 0. The van der Waals surface area contributed by atoms with Crippen LogP contribution < -0.4 is 0 Å². The van der Waals surface area contributed by atoms with E-state index in [-0.39, 0.29) is 0 Å². The molecule has 1 nitrogen and oxygen atoms in total. The van der Waals surface area contributed by atoms with E-state index >= 15 is 0 Å². The first kappa shape index (κ1) is 22.4. The normalized spacial score (nSPS) is 12.6. The number of unbranched alkanes of at least 4 members (excludes halogenated alkanes) is 6. The largest absolute Gasteiger partial charge is 0.242 e. The standard InChI is InChI=1S/C22H35NS2/c1-4-6-8-13-17-24-19-20(3)22(25-18-14-9-7-5-2)23-21-15-11-10-12-16-21/h10-12,15-16,19H,4-9,13-14,17-18H2,1-3H3/b20-19+,23-22?. The Labute approximate surface area is 164 Å². The first-order chi connectivity index (χ1) is 12.3. The first-order valence-electron chi connectivity index (χ1n) is 9.83. The molecular formula is C22H35NS2. The van der Waals surface area contributed by atoms with E-state index < -0.39 is 0 Å². The molecule has 0 amide bonds. The Morgan fingerprint density at radius 2 is 1.52 bits per heavy atom. The van der Waals surface area contributed by atoms with Gasteiger partial charge >= 0.3 is 0 Å². The molecule has 0 aliphatic heterocycles. The Bertz CT molecular complexity index is 494. The number of nitrogens with zero attached hydrogens (tertiary/aromatic N) is 1. The van der Waals surface area contributed by atoms with Crippen molar-refractivity contribution in [1.29, 1.82) is 0 Å². The predicted molar refractivity (Wildman–Crippen MR) is 120 cm³/mol. The Morgan fingerprint density at radius 3 is 2.16 bits per heavy atom. The highest BCUT2D eigenvalue weighted by atomic mass is 32.2. The summed E-state index contributed by atoms with van der Waals surface area (Å²) in [4.78, 5) is 4.90. The van der Waals surface area contributed by atoms with Gasteiger partial charge in [-0.05, 0) is 54.4 Å². The van der Waals surface area contributed by atoms with Crippen molar-refractivity contribution in [2.75, 3.05) is 11.5 Å². The molecule has 1 aromatic rings. The topological polar surface area (TPSA) is 12.4 Å². The zero-order valence-electron chi connectivity index (χ0n) is 16.3. The van der Waals surface area contributed by atoms with Gasteiger partial charge in [-0.25, -0.2) is 4.99 Å². The SMILES string of the molecule is CCCCCCS/C=C(\C)C(=Nc1ccccc1)SCCCCCC. The zero-order valence-corrected chi connectivity index (χ0v) is 17.9. The number of rotatable bonds is 13. The van der Waals surface area contributed by atoms with Crippen molar-refractivity contribution in [2.24, 2.45) is 4.99 Å². The number of thioether (sulfide) groups is 2. The van der Waals surface area contributed by atoms with E-state index in [1.54, 1.807) is 0 Å². The van der Waals surface area contributed by atoms with Crippen molar-refractivity contribution in [2.45, 2.75) is 72.1 Å². The maximum absolute atomic E-state index is 4.90. The molecule has 0 aliphatic carbocycles. The minimum absolute atomic E-state index is 1.05. The fourth-order valence-electron chi connectivity index (χ4n) is 2.40. The summed E-state index contributed by atoms with van der Waals surface area (Å²) in [7, 11) is 0. The van der Waals surface area contributed by atoms with Crippen LogP contribution in [-0.2, 0) is 0 Å². The highest BCUT2D eigenvalue weighted by molar-refractivity contribution is 8.14. The molecule has 3 heteroatoms. The molecule has 1 rings (SSSR count). The number of benzene rings is 1. The monoisotopic (exact) mass is 377 g/mol. The Morgan fingerprint density at radius 1 is 0.880 bits per heavy atom.